The van der Waals surface area contributed by atoms with Crippen LogP contribution in [0.1, 0.15) is 29.4 Å². The Morgan fingerprint density at radius 1 is 1.11 bits per heavy atom. The summed E-state index contributed by atoms with van der Waals surface area (Å²) in [5.74, 6) is -2.76. The van der Waals surface area contributed by atoms with Crippen LogP contribution in [0.2, 0.25) is 0 Å². The van der Waals surface area contributed by atoms with Crippen LogP contribution in [0.25, 0.3) is 27.8 Å². The standard InChI is InChI=1S/C22H14F5N7O2/c23-15-4-11(17(24)18-13(15)7-30-34(18)8-22(25,26)27)9-3-10(9)12-5-16(32-33-2-1-28-19(12)33)14-6-29-21(36)31-20(14)35/h1-2,4-7,9-10H,3,8H2,(H2,29,31,35,36). The number of aromatic nitrogens is 7. The maximum absolute atomic E-state index is 15.5. The van der Waals surface area contributed by atoms with Crippen LogP contribution in [0.3, 0.4) is 0 Å². The first-order valence-corrected chi connectivity index (χ1v) is 10.7. The molecule has 0 spiro atoms. The van der Waals surface area contributed by atoms with E-state index < -0.39 is 47.0 Å². The molecule has 1 aromatic carbocycles. The number of H-pyrrole nitrogens is 2. The fourth-order valence-electron chi connectivity index (χ4n) is 4.59. The van der Waals surface area contributed by atoms with Crippen LogP contribution in [0.5, 0.6) is 0 Å². The van der Waals surface area contributed by atoms with Gasteiger partial charge in [-0.05, 0) is 36.0 Å². The van der Waals surface area contributed by atoms with Gasteiger partial charge in [0.2, 0.25) is 0 Å². The maximum atomic E-state index is 15.5. The smallest absolute Gasteiger partial charge is 0.313 e. The molecule has 0 bridgehead atoms. The molecule has 4 heterocycles. The van der Waals surface area contributed by atoms with Gasteiger partial charge in [0, 0.05) is 24.2 Å². The van der Waals surface area contributed by atoms with E-state index >= 15 is 4.39 Å². The zero-order chi connectivity index (χ0) is 25.4. The molecule has 1 aliphatic carbocycles. The summed E-state index contributed by atoms with van der Waals surface area (Å²) in [5.41, 5.74) is -0.663. The van der Waals surface area contributed by atoms with Crippen molar-refractivity contribution < 1.29 is 22.0 Å². The van der Waals surface area contributed by atoms with Crippen LogP contribution in [-0.4, -0.2) is 40.5 Å². The Morgan fingerprint density at radius 2 is 1.89 bits per heavy atom. The van der Waals surface area contributed by atoms with Crippen LogP contribution in [-0.2, 0) is 6.54 Å². The molecule has 6 rings (SSSR count). The minimum Gasteiger partial charge on any atom is -0.313 e. The second-order valence-corrected chi connectivity index (χ2v) is 8.56. The molecule has 0 radical (unpaired) electrons. The number of benzene rings is 1. The predicted octanol–water partition coefficient (Wildman–Crippen LogP) is 3.23. The first-order chi connectivity index (χ1) is 17.1. The molecule has 1 aliphatic rings. The highest BCUT2D eigenvalue weighted by Crippen LogP contribution is 2.56. The molecule has 184 valence electrons. The third-order valence-electron chi connectivity index (χ3n) is 6.24. The first kappa shape index (κ1) is 22.1. The van der Waals surface area contributed by atoms with Gasteiger partial charge in [0.25, 0.3) is 5.56 Å². The van der Waals surface area contributed by atoms with E-state index in [1.165, 1.54) is 16.9 Å². The fraction of sp³-hybridized carbons (Fsp3) is 0.227. The van der Waals surface area contributed by atoms with Gasteiger partial charge in [-0.2, -0.15) is 23.4 Å². The summed E-state index contributed by atoms with van der Waals surface area (Å²) in [7, 11) is 0. The van der Waals surface area contributed by atoms with E-state index in [9.17, 15) is 27.2 Å². The fourth-order valence-corrected chi connectivity index (χ4v) is 4.59. The van der Waals surface area contributed by atoms with Gasteiger partial charge in [-0.3, -0.25) is 14.5 Å². The minimum atomic E-state index is -4.67. The van der Waals surface area contributed by atoms with Crippen molar-refractivity contribution in [1.29, 1.82) is 0 Å². The van der Waals surface area contributed by atoms with E-state index in [-0.39, 0.29) is 28.1 Å². The van der Waals surface area contributed by atoms with Gasteiger partial charge >= 0.3 is 11.9 Å². The molecule has 5 aromatic rings. The van der Waals surface area contributed by atoms with Crippen LogP contribution in [0.15, 0.2) is 46.5 Å². The summed E-state index contributed by atoms with van der Waals surface area (Å²) in [6, 6.07) is 2.57. The predicted molar refractivity (Wildman–Crippen MR) is 115 cm³/mol. The van der Waals surface area contributed by atoms with Crippen molar-refractivity contribution in [2.75, 3.05) is 0 Å². The Kier molecular flexibility index (Phi) is 4.65. The Balaban J connectivity index is 1.44. The van der Waals surface area contributed by atoms with Crippen molar-refractivity contribution in [3.8, 4) is 11.3 Å². The SMILES string of the molecule is O=c1[nH]cc(-c2cc(C3CC3c3cc(F)c4cnn(CC(F)(F)F)c4c3F)c3nccn3n2)c(=O)[nH]1. The van der Waals surface area contributed by atoms with E-state index in [1.807, 2.05) is 0 Å². The molecule has 9 nitrogen and oxygen atoms in total. The Labute approximate surface area is 196 Å². The lowest BCUT2D eigenvalue weighted by Crippen LogP contribution is -2.23. The minimum absolute atomic E-state index is 0.0705. The summed E-state index contributed by atoms with van der Waals surface area (Å²) in [6.45, 7) is -1.56. The quantitative estimate of drug-likeness (QED) is 0.366. The maximum Gasteiger partial charge on any atom is 0.408 e. The number of alkyl halides is 3. The van der Waals surface area contributed by atoms with Gasteiger partial charge in [-0.1, -0.05) is 0 Å². The largest absolute Gasteiger partial charge is 0.408 e. The summed E-state index contributed by atoms with van der Waals surface area (Å²) < 4.78 is 70.9. The van der Waals surface area contributed by atoms with E-state index in [0.29, 0.717) is 22.3 Å². The number of aromatic amines is 2. The molecule has 4 aromatic heterocycles. The van der Waals surface area contributed by atoms with Crippen molar-refractivity contribution in [3.63, 3.8) is 0 Å². The molecule has 0 aliphatic heterocycles. The summed E-state index contributed by atoms with van der Waals surface area (Å²) >= 11 is 0. The van der Waals surface area contributed by atoms with E-state index in [2.05, 4.69) is 25.1 Å². The molecule has 1 fully saturated rings. The summed E-state index contributed by atoms with van der Waals surface area (Å²) in [5, 5.41) is 7.53. The zero-order valence-electron chi connectivity index (χ0n) is 18.0. The van der Waals surface area contributed by atoms with Gasteiger partial charge in [0.1, 0.15) is 17.9 Å². The van der Waals surface area contributed by atoms with Crippen LogP contribution >= 0.6 is 0 Å². The number of hydrogen-bond donors (Lipinski definition) is 2. The normalized spacial score (nSPS) is 17.8. The average molecular weight is 503 g/mol. The topological polar surface area (TPSA) is 114 Å². The van der Waals surface area contributed by atoms with Crippen molar-refractivity contribution in [1.82, 2.24) is 34.3 Å². The highest BCUT2D eigenvalue weighted by atomic mass is 19.4. The number of rotatable bonds is 4. The van der Waals surface area contributed by atoms with E-state index in [0.717, 1.165) is 12.3 Å². The molecular weight excluding hydrogens is 489 g/mol. The highest BCUT2D eigenvalue weighted by Gasteiger charge is 2.44. The third-order valence-corrected chi connectivity index (χ3v) is 6.24. The zero-order valence-corrected chi connectivity index (χ0v) is 18.0. The van der Waals surface area contributed by atoms with Gasteiger partial charge < -0.3 is 4.98 Å². The van der Waals surface area contributed by atoms with Crippen molar-refractivity contribution in [3.05, 3.63) is 80.5 Å². The highest BCUT2D eigenvalue weighted by molar-refractivity contribution is 5.81. The Hall–Kier alpha value is -4.36. The Bertz CT molecular complexity index is 1780. The summed E-state index contributed by atoms with van der Waals surface area (Å²) in [4.78, 5) is 32.4. The van der Waals surface area contributed by atoms with Crippen molar-refractivity contribution >= 4 is 16.6 Å². The number of nitrogens with one attached hydrogen (secondary N) is 2. The summed E-state index contributed by atoms with van der Waals surface area (Å²) in [6.07, 6.45) is 0.806. The second kappa shape index (κ2) is 7.57. The lowest BCUT2D eigenvalue weighted by molar-refractivity contribution is -0.141. The molecule has 2 N–H and O–H groups in total. The Morgan fingerprint density at radius 3 is 2.64 bits per heavy atom. The van der Waals surface area contributed by atoms with E-state index in [1.54, 1.807) is 12.3 Å². The monoisotopic (exact) mass is 503 g/mol. The van der Waals surface area contributed by atoms with Gasteiger partial charge in [-0.15, -0.1) is 0 Å². The number of fused-ring (bicyclic) bond motifs is 2. The molecule has 1 saturated carbocycles. The average Bonchev–Trinajstić information content (AvgIpc) is 3.23. The molecule has 2 unspecified atom stereocenters. The number of imidazole rings is 1. The second-order valence-electron chi connectivity index (χ2n) is 8.56. The molecular formula is C22H14F5N7O2. The van der Waals surface area contributed by atoms with Crippen LogP contribution in [0, 0.1) is 11.6 Å². The number of nitrogens with zero attached hydrogens (tertiary/aromatic N) is 5. The molecule has 14 heteroatoms. The van der Waals surface area contributed by atoms with Crippen molar-refractivity contribution in [2.45, 2.75) is 31.0 Å². The molecule has 36 heavy (non-hydrogen) atoms. The van der Waals surface area contributed by atoms with Gasteiger partial charge in [0.05, 0.1) is 22.8 Å². The van der Waals surface area contributed by atoms with Crippen LogP contribution < -0.4 is 11.2 Å². The first-order valence-electron chi connectivity index (χ1n) is 10.7. The van der Waals surface area contributed by atoms with Crippen molar-refractivity contribution in [2.24, 2.45) is 0 Å². The van der Waals surface area contributed by atoms with E-state index in [4.69, 9.17) is 0 Å². The van der Waals surface area contributed by atoms with Crippen LogP contribution in [0.4, 0.5) is 22.0 Å². The van der Waals surface area contributed by atoms with Gasteiger partial charge in [0.15, 0.2) is 11.5 Å². The third kappa shape index (κ3) is 3.56. The number of hydrogen-bond acceptors (Lipinski definition) is 5. The van der Waals surface area contributed by atoms with Gasteiger partial charge in [-0.25, -0.2) is 23.1 Å². The lowest BCUT2D eigenvalue weighted by atomic mass is 10.0. The lowest BCUT2D eigenvalue weighted by Gasteiger charge is -2.11. The molecule has 2 atom stereocenters. The number of halogens is 5. The molecule has 0 amide bonds. The molecule has 0 saturated heterocycles.